The van der Waals surface area contributed by atoms with Crippen molar-refractivity contribution >= 4 is 18.6 Å². The molecule has 0 saturated heterocycles. The van der Waals surface area contributed by atoms with Gasteiger partial charge in [-0.1, -0.05) is 45.1 Å². The average molecular weight is 216 g/mol. The summed E-state index contributed by atoms with van der Waals surface area (Å²) in [5.74, 6) is -0.931. The van der Waals surface area contributed by atoms with Crippen molar-refractivity contribution in [2.24, 2.45) is 0 Å². The summed E-state index contributed by atoms with van der Waals surface area (Å²) in [5, 5.41) is 8.51. The molecule has 0 amide bonds. The third kappa shape index (κ3) is 8.17. The van der Waals surface area contributed by atoms with Crippen molar-refractivity contribution in [1.82, 2.24) is 0 Å². The fraction of sp³-hybridized carbons (Fsp3) is 0.727. The van der Waals surface area contributed by atoms with Crippen LogP contribution in [0.15, 0.2) is 11.0 Å². The second-order valence-electron chi connectivity index (χ2n) is 3.45. The lowest BCUT2D eigenvalue weighted by molar-refractivity contribution is -0.131. The number of carboxylic acids is 1. The average Bonchev–Trinajstić information content (AvgIpc) is 2.16. The van der Waals surface area contributed by atoms with Gasteiger partial charge in [0.2, 0.25) is 0 Å². The second kappa shape index (κ2) is 9.13. The zero-order chi connectivity index (χ0) is 10.8. The Hall–Kier alpha value is -0.440. The third-order valence-corrected chi connectivity index (χ3v) is 2.49. The van der Waals surface area contributed by atoms with Gasteiger partial charge in [-0.25, -0.2) is 4.79 Å². The highest BCUT2D eigenvalue weighted by molar-refractivity contribution is 7.85. The van der Waals surface area contributed by atoms with E-state index in [0.717, 1.165) is 12.8 Å². The predicted molar refractivity (Wildman–Crippen MR) is 62.7 cm³/mol. The monoisotopic (exact) mass is 216 g/mol. The molecule has 0 saturated carbocycles. The van der Waals surface area contributed by atoms with E-state index in [1.54, 1.807) is 6.08 Å². The quantitative estimate of drug-likeness (QED) is 0.369. The van der Waals surface area contributed by atoms with Crippen LogP contribution in [-0.2, 0) is 4.79 Å². The third-order valence-electron chi connectivity index (χ3n) is 2.11. The molecule has 1 N–H and O–H groups in total. The van der Waals surface area contributed by atoms with Crippen molar-refractivity contribution in [3.05, 3.63) is 11.0 Å². The number of aliphatic carboxylic acids is 1. The Bertz CT molecular complexity index is 188. The Morgan fingerprint density at radius 3 is 2.36 bits per heavy atom. The Balaban J connectivity index is 3.29. The maximum absolute atomic E-state index is 10.4. The molecule has 0 aliphatic rings. The van der Waals surface area contributed by atoms with Gasteiger partial charge in [-0.3, -0.25) is 0 Å². The summed E-state index contributed by atoms with van der Waals surface area (Å²) < 4.78 is 0. The molecule has 0 aromatic carbocycles. The lowest BCUT2D eigenvalue weighted by Crippen LogP contribution is -1.93. The molecule has 14 heavy (non-hydrogen) atoms. The van der Waals surface area contributed by atoms with Gasteiger partial charge in [0.25, 0.3) is 0 Å². The minimum absolute atomic E-state index is 0.165. The highest BCUT2D eigenvalue weighted by Gasteiger charge is 1.98. The number of rotatable bonds is 8. The molecule has 0 radical (unpaired) electrons. The molecule has 0 fully saturated rings. The summed E-state index contributed by atoms with van der Waals surface area (Å²) in [5.41, 5.74) is 0. The van der Waals surface area contributed by atoms with Crippen molar-refractivity contribution in [3.63, 3.8) is 0 Å². The van der Waals surface area contributed by atoms with Crippen LogP contribution in [0.2, 0.25) is 0 Å². The molecule has 3 heteroatoms. The molecular formula is C11H20O2S. The molecule has 0 aromatic heterocycles. The van der Waals surface area contributed by atoms with E-state index in [4.69, 9.17) is 5.11 Å². The standard InChI is InChI=1S/C11H20O2S/c1-2-3-4-5-6-7-8-9-10(14)11(12)13/h9,14H,2-8H2,1H3,(H,12,13). The zero-order valence-electron chi connectivity index (χ0n) is 8.83. The van der Waals surface area contributed by atoms with Gasteiger partial charge in [-0.2, -0.15) is 0 Å². The first-order chi connectivity index (χ1) is 6.68. The Morgan fingerprint density at radius 2 is 1.79 bits per heavy atom. The van der Waals surface area contributed by atoms with Crippen molar-refractivity contribution in [2.75, 3.05) is 0 Å². The van der Waals surface area contributed by atoms with Gasteiger partial charge >= 0.3 is 5.97 Å². The van der Waals surface area contributed by atoms with E-state index in [9.17, 15) is 4.79 Å². The lowest BCUT2D eigenvalue weighted by Gasteiger charge is -1.98. The maximum atomic E-state index is 10.4. The molecule has 0 atom stereocenters. The number of hydrogen-bond donors (Lipinski definition) is 2. The normalized spacial score (nSPS) is 11.7. The highest BCUT2D eigenvalue weighted by Crippen LogP contribution is 2.09. The maximum Gasteiger partial charge on any atom is 0.341 e. The molecule has 2 nitrogen and oxygen atoms in total. The molecule has 82 valence electrons. The fourth-order valence-electron chi connectivity index (χ4n) is 1.25. The second-order valence-corrected chi connectivity index (χ2v) is 3.93. The Labute approximate surface area is 91.8 Å². The molecule has 0 heterocycles. The van der Waals surface area contributed by atoms with Crippen LogP contribution in [0.25, 0.3) is 0 Å². The van der Waals surface area contributed by atoms with Crippen LogP contribution in [-0.4, -0.2) is 11.1 Å². The Kier molecular flexibility index (Phi) is 8.84. The molecule has 0 aliphatic heterocycles. The summed E-state index contributed by atoms with van der Waals surface area (Å²) in [6, 6.07) is 0. The van der Waals surface area contributed by atoms with E-state index in [-0.39, 0.29) is 4.91 Å². The minimum atomic E-state index is -0.931. The van der Waals surface area contributed by atoms with E-state index >= 15 is 0 Å². The molecule has 0 bridgehead atoms. The first-order valence-corrected chi connectivity index (χ1v) is 5.75. The van der Waals surface area contributed by atoms with Gasteiger partial charge < -0.3 is 5.11 Å². The van der Waals surface area contributed by atoms with E-state index in [1.807, 2.05) is 0 Å². The number of thiol groups is 1. The van der Waals surface area contributed by atoms with Crippen LogP contribution in [0.5, 0.6) is 0 Å². The summed E-state index contributed by atoms with van der Waals surface area (Å²) in [4.78, 5) is 10.5. The topological polar surface area (TPSA) is 37.3 Å². The number of allylic oxidation sites excluding steroid dienone is 1. The van der Waals surface area contributed by atoms with E-state index in [0.29, 0.717) is 0 Å². The summed E-state index contributed by atoms with van der Waals surface area (Å²) >= 11 is 3.85. The number of unbranched alkanes of at least 4 members (excludes halogenated alkanes) is 6. The molecule has 0 aromatic rings. The molecule has 0 spiro atoms. The van der Waals surface area contributed by atoms with Crippen LogP contribution in [0.4, 0.5) is 0 Å². The van der Waals surface area contributed by atoms with Gasteiger partial charge in [0, 0.05) is 0 Å². The lowest BCUT2D eigenvalue weighted by atomic mass is 10.1. The van der Waals surface area contributed by atoms with Crippen molar-refractivity contribution in [2.45, 2.75) is 51.9 Å². The molecule has 0 unspecified atom stereocenters. The van der Waals surface area contributed by atoms with Gasteiger partial charge in [-0.15, -0.1) is 12.6 Å². The minimum Gasteiger partial charge on any atom is -0.477 e. The van der Waals surface area contributed by atoms with Crippen LogP contribution < -0.4 is 0 Å². The van der Waals surface area contributed by atoms with Crippen LogP contribution in [0, 0.1) is 0 Å². The largest absolute Gasteiger partial charge is 0.477 e. The highest BCUT2D eigenvalue weighted by atomic mass is 32.1. The summed E-state index contributed by atoms with van der Waals surface area (Å²) in [6.45, 7) is 2.20. The molecule has 0 rings (SSSR count). The molecular weight excluding hydrogens is 196 g/mol. The number of carboxylic acid groups (broad SMARTS) is 1. The van der Waals surface area contributed by atoms with E-state index in [1.165, 1.54) is 32.1 Å². The summed E-state index contributed by atoms with van der Waals surface area (Å²) in [7, 11) is 0. The van der Waals surface area contributed by atoms with Crippen LogP contribution in [0.3, 0.4) is 0 Å². The number of hydrogen-bond acceptors (Lipinski definition) is 2. The van der Waals surface area contributed by atoms with Gasteiger partial charge in [0.05, 0.1) is 4.91 Å². The van der Waals surface area contributed by atoms with E-state index in [2.05, 4.69) is 19.6 Å². The van der Waals surface area contributed by atoms with E-state index < -0.39 is 5.97 Å². The van der Waals surface area contributed by atoms with Crippen LogP contribution in [0.1, 0.15) is 51.9 Å². The van der Waals surface area contributed by atoms with Crippen molar-refractivity contribution < 1.29 is 9.90 Å². The number of carbonyl (C=O) groups is 1. The SMILES string of the molecule is CCCCCCCCC=C(S)C(=O)O. The van der Waals surface area contributed by atoms with Crippen molar-refractivity contribution in [1.29, 1.82) is 0 Å². The summed E-state index contributed by atoms with van der Waals surface area (Å²) in [6.07, 6.45) is 9.91. The van der Waals surface area contributed by atoms with Crippen LogP contribution >= 0.6 is 12.6 Å². The first kappa shape index (κ1) is 13.6. The fourth-order valence-corrected chi connectivity index (χ4v) is 1.38. The zero-order valence-corrected chi connectivity index (χ0v) is 9.72. The molecule has 0 aliphatic carbocycles. The Morgan fingerprint density at radius 1 is 1.21 bits per heavy atom. The van der Waals surface area contributed by atoms with Gasteiger partial charge in [0.1, 0.15) is 0 Å². The van der Waals surface area contributed by atoms with Crippen molar-refractivity contribution in [3.8, 4) is 0 Å². The first-order valence-electron chi connectivity index (χ1n) is 5.31. The van der Waals surface area contributed by atoms with Gasteiger partial charge in [0.15, 0.2) is 0 Å². The van der Waals surface area contributed by atoms with Gasteiger partial charge in [-0.05, 0) is 12.8 Å². The smallest absolute Gasteiger partial charge is 0.341 e. The predicted octanol–water partition coefficient (Wildman–Crippen LogP) is 3.64.